The maximum absolute atomic E-state index is 11.8. The molecule has 0 aliphatic heterocycles. The molecule has 0 aromatic carbocycles. The summed E-state index contributed by atoms with van der Waals surface area (Å²) >= 11 is 0.835. The summed E-state index contributed by atoms with van der Waals surface area (Å²) < 4.78 is 0. The predicted octanol–water partition coefficient (Wildman–Crippen LogP) is 2.61. The van der Waals surface area contributed by atoms with E-state index in [1.54, 1.807) is 12.3 Å². The van der Waals surface area contributed by atoms with Crippen molar-refractivity contribution in [1.82, 2.24) is 4.98 Å². The molecular weight excluding hydrogens is 254 g/mol. The zero-order chi connectivity index (χ0) is 13.1. The van der Waals surface area contributed by atoms with Crippen LogP contribution >= 0.6 is 11.3 Å². The number of aromatic nitrogens is 1. The fourth-order valence-corrected chi connectivity index (χ4v) is 2.05. The van der Waals surface area contributed by atoms with Gasteiger partial charge in [0.1, 0.15) is 5.82 Å². The van der Waals surface area contributed by atoms with Crippen LogP contribution in [0.3, 0.4) is 0 Å². The summed E-state index contributed by atoms with van der Waals surface area (Å²) in [4.78, 5) is 26.1. The maximum Gasteiger partial charge on any atom is 0.324 e. The Hall–Kier alpha value is -2.28. The summed E-state index contributed by atoms with van der Waals surface area (Å²) in [6.45, 7) is 1.82. The zero-order valence-corrected chi connectivity index (χ0v) is 10.2. The van der Waals surface area contributed by atoms with E-state index < -0.39 is 10.8 Å². The van der Waals surface area contributed by atoms with E-state index in [4.69, 9.17) is 0 Å². The third kappa shape index (κ3) is 2.51. The molecule has 6 nitrogen and oxygen atoms in total. The highest BCUT2D eigenvalue weighted by molar-refractivity contribution is 7.17. The van der Waals surface area contributed by atoms with Crippen LogP contribution in [-0.2, 0) is 0 Å². The lowest BCUT2D eigenvalue weighted by molar-refractivity contribution is -0.380. The summed E-state index contributed by atoms with van der Waals surface area (Å²) in [6, 6.07) is 6.32. The molecule has 2 rings (SSSR count). The molecule has 2 aromatic heterocycles. The number of aryl methyl sites for hydroxylation is 1. The first-order valence-electron chi connectivity index (χ1n) is 5.05. The van der Waals surface area contributed by atoms with E-state index in [1.807, 2.05) is 13.0 Å². The van der Waals surface area contributed by atoms with Crippen LogP contribution in [0.4, 0.5) is 10.8 Å². The monoisotopic (exact) mass is 263 g/mol. The molecule has 0 saturated heterocycles. The smallest absolute Gasteiger partial charge is 0.306 e. The molecule has 18 heavy (non-hydrogen) atoms. The first kappa shape index (κ1) is 12.2. The van der Waals surface area contributed by atoms with Crippen LogP contribution in [0.25, 0.3) is 0 Å². The van der Waals surface area contributed by atoms with Crippen LogP contribution in [0.5, 0.6) is 0 Å². The molecule has 7 heteroatoms. The van der Waals surface area contributed by atoms with E-state index in [9.17, 15) is 14.9 Å². The molecule has 0 radical (unpaired) electrons. The van der Waals surface area contributed by atoms with Gasteiger partial charge in [-0.2, -0.15) is 0 Å². The van der Waals surface area contributed by atoms with Crippen molar-refractivity contribution in [3.8, 4) is 0 Å². The number of amides is 1. The Labute approximate surface area is 106 Å². The van der Waals surface area contributed by atoms with Gasteiger partial charge in [0.25, 0.3) is 5.91 Å². The van der Waals surface area contributed by atoms with Gasteiger partial charge in [-0.3, -0.25) is 14.9 Å². The zero-order valence-electron chi connectivity index (χ0n) is 9.41. The Bertz CT molecular complexity index is 609. The molecule has 0 aliphatic rings. The van der Waals surface area contributed by atoms with Gasteiger partial charge in [0.15, 0.2) is 0 Å². The molecule has 1 N–H and O–H groups in total. The molecule has 2 aromatic rings. The molecule has 0 aliphatic carbocycles. The Kier molecular flexibility index (Phi) is 3.33. The predicted molar refractivity (Wildman–Crippen MR) is 67.9 cm³/mol. The average molecular weight is 263 g/mol. The summed E-state index contributed by atoms with van der Waals surface area (Å²) in [5.74, 6) is 0.0634. The van der Waals surface area contributed by atoms with Crippen molar-refractivity contribution in [2.24, 2.45) is 0 Å². The molecule has 0 saturated carbocycles. The van der Waals surface area contributed by atoms with E-state index in [0.29, 0.717) is 5.82 Å². The Balaban J connectivity index is 2.17. The van der Waals surface area contributed by atoms with E-state index in [2.05, 4.69) is 10.3 Å². The second-order valence-electron chi connectivity index (χ2n) is 3.52. The van der Waals surface area contributed by atoms with Crippen LogP contribution in [0.15, 0.2) is 30.5 Å². The number of nitro groups is 1. The van der Waals surface area contributed by atoms with Crippen molar-refractivity contribution in [2.75, 3.05) is 5.32 Å². The number of carbonyl (C=O) groups excluding carboxylic acids is 1. The Morgan fingerprint density at radius 2 is 2.22 bits per heavy atom. The lowest BCUT2D eigenvalue weighted by Gasteiger charge is -2.04. The van der Waals surface area contributed by atoms with Gasteiger partial charge in [-0.1, -0.05) is 17.4 Å². The van der Waals surface area contributed by atoms with Crippen molar-refractivity contribution in [2.45, 2.75) is 6.92 Å². The van der Waals surface area contributed by atoms with Gasteiger partial charge in [-0.05, 0) is 24.6 Å². The second-order valence-corrected chi connectivity index (χ2v) is 4.58. The van der Waals surface area contributed by atoms with Crippen molar-refractivity contribution >= 4 is 28.1 Å². The minimum absolute atomic E-state index is 0.0575. The van der Waals surface area contributed by atoms with Gasteiger partial charge in [0, 0.05) is 12.3 Å². The minimum atomic E-state index is -0.520. The van der Waals surface area contributed by atoms with Crippen LogP contribution in [0, 0.1) is 17.0 Å². The van der Waals surface area contributed by atoms with E-state index in [1.165, 1.54) is 12.1 Å². The highest BCUT2D eigenvalue weighted by Gasteiger charge is 2.16. The fraction of sp³-hybridized carbons (Fsp3) is 0.0909. The van der Waals surface area contributed by atoms with Crippen LogP contribution in [0.2, 0.25) is 0 Å². The van der Waals surface area contributed by atoms with Gasteiger partial charge in [0.05, 0.1) is 9.80 Å². The number of nitrogens with zero attached hydrogens (tertiary/aromatic N) is 2. The van der Waals surface area contributed by atoms with Crippen molar-refractivity contribution in [1.29, 1.82) is 0 Å². The third-order valence-electron chi connectivity index (χ3n) is 2.24. The van der Waals surface area contributed by atoms with Crippen molar-refractivity contribution < 1.29 is 9.72 Å². The van der Waals surface area contributed by atoms with E-state index in [-0.39, 0.29) is 9.88 Å². The molecule has 0 unspecified atom stereocenters. The van der Waals surface area contributed by atoms with E-state index >= 15 is 0 Å². The minimum Gasteiger partial charge on any atom is -0.306 e. The van der Waals surface area contributed by atoms with Gasteiger partial charge in [0.2, 0.25) is 0 Å². The van der Waals surface area contributed by atoms with Gasteiger partial charge in [-0.15, -0.1) is 0 Å². The molecular formula is C11H9N3O3S. The summed E-state index contributed by atoms with van der Waals surface area (Å²) in [5.41, 5.74) is 0.830. The molecule has 0 atom stereocenters. The average Bonchev–Trinajstić information content (AvgIpc) is 2.81. The van der Waals surface area contributed by atoms with Crippen LogP contribution in [0.1, 0.15) is 15.2 Å². The van der Waals surface area contributed by atoms with Gasteiger partial charge in [-0.25, -0.2) is 4.98 Å². The number of pyridine rings is 1. The number of rotatable bonds is 3. The summed E-state index contributed by atoms with van der Waals surface area (Å²) in [5, 5.41) is 13.1. The summed E-state index contributed by atoms with van der Waals surface area (Å²) in [7, 11) is 0. The molecule has 0 fully saturated rings. The summed E-state index contributed by atoms with van der Waals surface area (Å²) in [6.07, 6.45) is 1.57. The lowest BCUT2D eigenvalue weighted by atomic mass is 10.3. The topological polar surface area (TPSA) is 85.1 Å². The van der Waals surface area contributed by atoms with Crippen molar-refractivity contribution in [3.05, 3.63) is 51.0 Å². The fourth-order valence-electron chi connectivity index (χ4n) is 1.33. The molecule has 2 heterocycles. The number of anilines is 1. The number of nitrogens with one attached hydrogen (secondary N) is 1. The maximum atomic E-state index is 11.8. The number of hydrogen-bond acceptors (Lipinski definition) is 5. The Morgan fingerprint density at radius 1 is 1.44 bits per heavy atom. The largest absolute Gasteiger partial charge is 0.324 e. The number of hydrogen-bond donors (Lipinski definition) is 1. The third-order valence-corrected chi connectivity index (χ3v) is 3.27. The lowest BCUT2D eigenvalue weighted by Crippen LogP contribution is -2.12. The standard InChI is InChI=1S/C11H9N3O3S/c1-7-3-2-6-12-10(7)13-11(15)8-4-5-9(18-8)14(16)17/h2-6H,1H3,(H,12,13,15). The molecule has 0 bridgehead atoms. The first-order valence-corrected chi connectivity index (χ1v) is 5.87. The Morgan fingerprint density at radius 3 is 2.83 bits per heavy atom. The molecule has 1 amide bonds. The quantitative estimate of drug-likeness (QED) is 0.681. The van der Waals surface area contributed by atoms with E-state index in [0.717, 1.165) is 16.9 Å². The normalized spacial score (nSPS) is 10.1. The first-order chi connectivity index (χ1) is 8.58. The number of carbonyl (C=O) groups is 1. The number of thiophene rings is 1. The SMILES string of the molecule is Cc1cccnc1NC(=O)c1ccc([N+](=O)[O-])s1. The van der Waals surface area contributed by atoms with Crippen molar-refractivity contribution in [3.63, 3.8) is 0 Å². The van der Waals surface area contributed by atoms with Crippen LogP contribution in [-0.4, -0.2) is 15.8 Å². The van der Waals surface area contributed by atoms with Gasteiger partial charge >= 0.3 is 5.00 Å². The highest BCUT2D eigenvalue weighted by atomic mass is 32.1. The molecule has 0 spiro atoms. The van der Waals surface area contributed by atoms with Gasteiger partial charge < -0.3 is 5.32 Å². The highest BCUT2D eigenvalue weighted by Crippen LogP contribution is 2.24. The van der Waals surface area contributed by atoms with Crippen LogP contribution < -0.4 is 5.32 Å². The molecule has 92 valence electrons. The second kappa shape index (κ2) is 4.92.